The van der Waals surface area contributed by atoms with Gasteiger partial charge < -0.3 is 14.7 Å². The third-order valence-electron chi connectivity index (χ3n) is 5.71. The number of carbonyl (C=O) groups excluding carboxylic acids is 1. The molecule has 0 saturated heterocycles. The monoisotopic (exact) mass is 455 g/mol. The van der Waals surface area contributed by atoms with Crippen LogP contribution in [0.3, 0.4) is 0 Å². The second kappa shape index (κ2) is 9.76. The van der Waals surface area contributed by atoms with Crippen LogP contribution in [0.15, 0.2) is 66.7 Å². The van der Waals surface area contributed by atoms with Crippen molar-refractivity contribution in [1.29, 1.82) is 0 Å². The molecule has 2 heterocycles. The first-order valence-corrected chi connectivity index (χ1v) is 11.3. The van der Waals surface area contributed by atoms with E-state index in [9.17, 15) is 4.79 Å². The van der Waals surface area contributed by atoms with Crippen molar-refractivity contribution >= 4 is 28.0 Å². The van der Waals surface area contributed by atoms with Crippen LogP contribution in [-0.4, -0.2) is 37.7 Å². The van der Waals surface area contributed by atoms with Gasteiger partial charge in [-0.25, -0.2) is 15.4 Å². The van der Waals surface area contributed by atoms with Crippen LogP contribution in [0, 0.1) is 0 Å². The number of imidazole rings is 2. The van der Waals surface area contributed by atoms with Crippen molar-refractivity contribution in [2.24, 2.45) is 0 Å². The average Bonchev–Trinajstić information content (AvgIpc) is 3.50. The van der Waals surface area contributed by atoms with Crippen molar-refractivity contribution in [3.05, 3.63) is 66.7 Å². The minimum absolute atomic E-state index is 0.322. The SMILES string of the molecule is O=C(CCCCCOc1ccc(-c2nc3ccc(-c4nc5ccccc5[nH]4)cc3[nH]2)cc1)NO. The lowest BCUT2D eigenvalue weighted by Gasteiger charge is -2.06. The highest BCUT2D eigenvalue weighted by Crippen LogP contribution is 2.27. The average molecular weight is 456 g/mol. The second-order valence-corrected chi connectivity index (χ2v) is 8.14. The van der Waals surface area contributed by atoms with Gasteiger partial charge in [0.1, 0.15) is 17.4 Å². The van der Waals surface area contributed by atoms with Crippen LogP contribution < -0.4 is 10.2 Å². The first kappa shape index (κ1) is 21.7. The Hall–Kier alpha value is -4.17. The van der Waals surface area contributed by atoms with E-state index >= 15 is 0 Å². The maximum absolute atomic E-state index is 11.0. The second-order valence-electron chi connectivity index (χ2n) is 8.14. The van der Waals surface area contributed by atoms with Crippen LogP contribution in [0.2, 0.25) is 0 Å². The number of nitrogens with one attached hydrogen (secondary N) is 3. The van der Waals surface area contributed by atoms with Crippen LogP contribution in [0.5, 0.6) is 5.75 Å². The maximum Gasteiger partial charge on any atom is 0.243 e. The number of amides is 1. The van der Waals surface area contributed by atoms with E-state index < -0.39 is 0 Å². The first-order valence-electron chi connectivity index (χ1n) is 11.3. The highest BCUT2D eigenvalue weighted by molar-refractivity contribution is 5.85. The van der Waals surface area contributed by atoms with Crippen LogP contribution in [0.1, 0.15) is 25.7 Å². The summed E-state index contributed by atoms with van der Waals surface area (Å²) in [6.07, 6.45) is 2.75. The summed E-state index contributed by atoms with van der Waals surface area (Å²) >= 11 is 0. The summed E-state index contributed by atoms with van der Waals surface area (Å²) in [5.41, 5.74) is 7.42. The van der Waals surface area contributed by atoms with Crippen LogP contribution in [0.4, 0.5) is 0 Å². The molecule has 1 amide bonds. The lowest BCUT2D eigenvalue weighted by molar-refractivity contribution is -0.129. The molecule has 0 aliphatic heterocycles. The number of aromatic amines is 2. The molecular formula is C26H25N5O3. The van der Waals surface area contributed by atoms with Gasteiger partial charge in [-0.05, 0) is 73.9 Å². The zero-order valence-corrected chi connectivity index (χ0v) is 18.5. The van der Waals surface area contributed by atoms with E-state index in [0.717, 1.165) is 69.9 Å². The molecule has 2 aromatic heterocycles. The Morgan fingerprint density at radius 1 is 0.824 bits per heavy atom. The summed E-state index contributed by atoms with van der Waals surface area (Å²) in [6.45, 7) is 0.579. The molecule has 0 aliphatic rings. The molecule has 0 bridgehead atoms. The van der Waals surface area contributed by atoms with Crippen molar-refractivity contribution in [2.75, 3.05) is 6.61 Å². The van der Waals surface area contributed by atoms with Crippen molar-refractivity contribution in [2.45, 2.75) is 25.7 Å². The van der Waals surface area contributed by atoms with E-state index in [1.165, 1.54) is 0 Å². The van der Waals surface area contributed by atoms with Gasteiger partial charge >= 0.3 is 0 Å². The molecule has 172 valence electrons. The molecule has 34 heavy (non-hydrogen) atoms. The third kappa shape index (κ3) is 4.77. The minimum atomic E-state index is -0.354. The Labute approximate surface area is 196 Å². The summed E-state index contributed by atoms with van der Waals surface area (Å²) in [4.78, 5) is 27.2. The number of unbranched alkanes of at least 4 members (excludes halogenated alkanes) is 2. The number of hydroxylamine groups is 1. The van der Waals surface area contributed by atoms with Gasteiger partial charge in [-0.3, -0.25) is 10.0 Å². The fraction of sp³-hybridized carbons (Fsp3) is 0.192. The van der Waals surface area contributed by atoms with Crippen molar-refractivity contribution in [1.82, 2.24) is 25.4 Å². The quantitative estimate of drug-likeness (QED) is 0.138. The number of ether oxygens (including phenoxy) is 1. The normalized spacial score (nSPS) is 11.2. The number of hydrogen-bond acceptors (Lipinski definition) is 5. The smallest absolute Gasteiger partial charge is 0.243 e. The van der Waals surface area contributed by atoms with E-state index in [0.29, 0.717) is 13.0 Å². The number of para-hydroxylation sites is 2. The number of benzene rings is 3. The molecule has 5 aromatic rings. The van der Waals surface area contributed by atoms with E-state index in [-0.39, 0.29) is 5.91 Å². The van der Waals surface area contributed by atoms with Crippen molar-refractivity contribution in [3.8, 4) is 28.5 Å². The highest BCUT2D eigenvalue weighted by atomic mass is 16.5. The molecule has 0 spiro atoms. The molecular weight excluding hydrogens is 430 g/mol. The maximum atomic E-state index is 11.0. The number of fused-ring (bicyclic) bond motifs is 2. The summed E-state index contributed by atoms with van der Waals surface area (Å²) in [7, 11) is 0. The molecule has 0 saturated carbocycles. The van der Waals surface area contributed by atoms with Gasteiger partial charge in [0.25, 0.3) is 0 Å². The highest BCUT2D eigenvalue weighted by Gasteiger charge is 2.10. The number of H-pyrrole nitrogens is 2. The van der Waals surface area contributed by atoms with Crippen LogP contribution in [-0.2, 0) is 4.79 Å². The molecule has 0 fully saturated rings. The summed E-state index contributed by atoms with van der Waals surface area (Å²) in [6, 6.07) is 21.9. The third-order valence-corrected chi connectivity index (χ3v) is 5.71. The van der Waals surface area contributed by atoms with Crippen LogP contribution in [0.25, 0.3) is 44.8 Å². The number of hydrogen-bond donors (Lipinski definition) is 4. The fourth-order valence-electron chi connectivity index (χ4n) is 3.90. The predicted molar refractivity (Wildman–Crippen MR) is 131 cm³/mol. The Balaban J connectivity index is 1.23. The summed E-state index contributed by atoms with van der Waals surface area (Å²) in [5, 5.41) is 8.48. The lowest BCUT2D eigenvalue weighted by atomic mass is 10.2. The van der Waals surface area contributed by atoms with Gasteiger partial charge in [0.2, 0.25) is 5.91 Å². The lowest BCUT2D eigenvalue weighted by Crippen LogP contribution is -2.17. The Morgan fingerprint density at radius 3 is 2.32 bits per heavy atom. The molecule has 4 N–H and O–H groups in total. The van der Waals surface area contributed by atoms with E-state index in [1.807, 2.05) is 60.7 Å². The van der Waals surface area contributed by atoms with Crippen molar-refractivity contribution in [3.63, 3.8) is 0 Å². The first-order chi connectivity index (χ1) is 16.7. The van der Waals surface area contributed by atoms with Gasteiger partial charge in [0.05, 0.1) is 28.7 Å². The molecule has 0 radical (unpaired) electrons. The predicted octanol–water partition coefficient (Wildman–Crippen LogP) is 5.22. The van der Waals surface area contributed by atoms with Crippen LogP contribution >= 0.6 is 0 Å². The molecule has 3 aromatic carbocycles. The Kier molecular flexibility index (Phi) is 6.22. The van der Waals surface area contributed by atoms with Gasteiger partial charge in [-0.1, -0.05) is 12.1 Å². The zero-order chi connectivity index (χ0) is 23.3. The number of nitrogens with zero attached hydrogens (tertiary/aromatic N) is 2. The Morgan fingerprint density at radius 2 is 1.53 bits per heavy atom. The van der Waals surface area contributed by atoms with E-state index in [4.69, 9.17) is 14.9 Å². The molecule has 8 heteroatoms. The summed E-state index contributed by atoms with van der Waals surface area (Å²) < 4.78 is 5.79. The molecule has 0 aliphatic carbocycles. The number of rotatable bonds is 9. The Bertz CT molecular complexity index is 1390. The minimum Gasteiger partial charge on any atom is -0.494 e. The van der Waals surface area contributed by atoms with Gasteiger partial charge in [-0.2, -0.15) is 0 Å². The largest absolute Gasteiger partial charge is 0.494 e. The molecule has 8 nitrogen and oxygen atoms in total. The standard InChI is InChI=1S/C26H25N5O3/c32-24(31-33)8-2-1-5-15-34-19-12-9-17(10-13-19)25-29-22-14-11-18(16-23(22)30-25)26-27-20-6-3-4-7-21(20)28-26/h3-4,6-7,9-14,16,33H,1-2,5,8,15H2,(H,27,28)(H,29,30)(H,31,32). The van der Waals surface area contributed by atoms with E-state index in [2.05, 4.69) is 21.0 Å². The van der Waals surface area contributed by atoms with Gasteiger partial charge in [0.15, 0.2) is 0 Å². The molecule has 0 unspecified atom stereocenters. The van der Waals surface area contributed by atoms with E-state index in [1.54, 1.807) is 5.48 Å². The van der Waals surface area contributed by atoms with Gasteiger partial charge in [-0.15, -0.1) is 0 Å². The van der Waals surface area contributed by atoms with Crippen molar-refractivity contribution < 1.29 is 14.7 Å². The van der Waals surface area contributed by atoms with Gasteiger partial charge in [0, 0.05) is 17.5 Å². The summed E-state index contributed by atoms with van der Waals surface area (Å²) in [5.74, 6) is 2.07. The number of aromatic nitrogens is 4. The zero-order valence-electron chi connectivity index (χ0n) is 18.5. The molecule has 5 rings (SSSR count). The molecule has 0 atom stereocenters. The fourth-order valence-corrected chi connectivity index (χ4v) is 3.90. The number of carbonyl (C=O) groups is 1. The topological polar surface area (TPSA) is 116 Å².